The van der Waals surface area contributed by atoms with E-state index in [0.717, 1.165) is 10.8 Å². The summed E-state index contributed by atoms with van der Waals surface area (Å²) in [5.74, 6) is -1.53. The maximum atomic E-state index is 13.0. The summed E-state index contributed by atoms with van der Waals surface area (Å²) in [7, 11) is 1.47. The molecule has 1 atom stereocenters. The van der Waals surface area contributed by atoms with E-state index >= 15 is 0 Å². The molecular weight excluding hydrogens is 446 g/mol. The minimum atomic E-state index is -1.21. The molecule has 0 aliphatic heterocycles. The highest BCUT2D eigenvalue weighted by Gasteiger charge is 2.25. The van der Waals surface area contributed by atoms with E-state index in [2.05, 4.69) is 10.6 Å². The molecule has 0 fully saturated rings. The smallest absolute Gasteiger partial charge is 0.251 e. The van der Waals surface area contributed by atoms with Gasteiger partial charge in [-0.15, -0.1) is 0 Å². The Labute approximate surface area is 193 Å². The number of fused-ring (bicyclic) bond motifs is 3. The molecule has 0 radical (unpaired) electrons. The van der Waals surface area contributed by atoms with E-state index in [1.165, 1.54) is 19.2 Å². The molecule has 4 N–H and O–H groups in total. The second-order valence-electron chi connectivity index (χ2n) is 7.34. The Hall–Kier alpha value is -4.04. The van der Waals surface area contributed by atoms with Gasteiger partial charge < -0.3 is 25.5 Å². The average molecular weight is 466 g/mol. The number of nitrogens with two attached hydrogens (primary N) is 1. The lowest BCUT2D eigenvalue weighted by Crippen LogP contribution is -2.46. The fraction of sp³-hybridized carbons (Fsp3) is 0.125. The molecule has 1 heterocycles. The Morgan fingerprint density at radius 3 is 2.45 bits per heavy atom. The standard InChI is InChI=1S/C24H20ClN3O5/c1-32-21-10-16-15-4-2-3-5-19(15)33-20(16)11-17(21)27-24(31)18(12-22(26)29)28-23(30)13-6-8-14(25)9-7-13/h2-11,18H,12H2,1H3,(H2,26,29)(H,27,31)(H,28,30)/t18-/m0/s1. The summed E-state index contributed by atoms with van der Waals surface area (Å²) in [5.41, 5.74) is 7.15. The lowest BCUT2D eigenvalue weighted by molar-refractivity contribution is -0.123. The molecule has 4 rings (SSSR count). The van der Waals surface area contributed by atoms with Crippen LogP contribution in [0.1, 0.15) is 16.8 Å². The maximum Gasteiger partial charge on any atom is 0.251 e. The van der Waals surface area contributed by atoms with Crippen molar-refractivity contribution in [1.29, 1.82) is 0 Å². The summed E-state index contributed by atoms with van der Waals surface area (Å²) < 4.78 is 11.3. The van der Waals surface area contributed by atoms with Gasteiger partial charge in [0.05, 0.1) is 19.2 Å². The molecule has 9 heteroatoms. The van der Waals surface area contributed by atoms with Gasteiger partial charge in [-0.05, 0) is 36.4 Å². The van der Waals surface area contributed by atoms with Crippen LogP contribution in [0, 0.1) is 0 Å². The van der Waals surface area contributed by atoms with Crippen LogP contribution in [-0.2, 0) is 9.59 Å². The molecule has 168 valence electrons. The lowest BCUT2D eigenvalue weighted by Gasteiger charge is -2.18. The van der Waals surface area contributed by atoms with Gasteiger partial charge >= 0.3 is 0 Å². The molecule has 0 aliphatic carbocycles. The third-order valence-electron chi connectivity index (χ3n) is 5.09. The third kappa shape index (κ3) is 4.75. The number of hydrogen-bond acceptors (Lipinski definition) is 5. The number of carbonyl (C=O) groups excluding carboxylic acids is 3. The zero-order valence-electron chi connectivity index (χ0n) is 17.6. The Balaban J connectivity index is 1.61. The van der Waals surface area contributed by atoms with Crippen molar-refractivity contribution in [2.45, 2.75) is 12.5 Å². The first-order chi connectivity index (χ1) is 15.9. The zero-order valence-corrected chi connectivity index (χ0v) is 18.3. The number of anilines is 1. The molecule has 3 amide bonds. The van der Waals surface area contributed by atoms with Crippen LogP contribution >= 0.6 is 11.6 Å². The summed E-state index contributed by atoms with van der Waals surface area (Å²) >= 11 is 5.85. The highest BCUT2D eigenvalue weighted by Crippen LogP contribution is 2.36. The van der Waals surface area contributed by atoms with Crippen LogP contribution in [-0.4, -0.2) is 30.9 Å². The monoisotopic (exact) mass is 465 g/mol. The number of primary amides is 1. The number of amides is 3. The molecule has 0 saturated carbocycles. The van der Waals surface area contributed by atoms with Crippen molar-refractivity contribution in [3.63, 3.8) is 0 Å². The van der Waals surface area contributed by atoms with Gasteiger partial charge in [-0.25, -0.2) is 0 Å². The molecule has 8 nitrogen and oxygen atoms in total. The molecule has 0 unspecified atom stereocenters. The highest BCUT2D eigenvalue weighted by atomic mass is 35.5. The fourth-order valence-corrected chi connectivity index (χ4v) is 3.62. The van der Waals surface area contributed by atoms with Gasteiger partial charge in [-0.1, -0.05) is 29.8 Å². The minimum Gasteiger partial charge on any atom is -0.495 e. The second-order valence-corrected chi connectivity index (χ2v) is 7.78. The number of carbonyl (C=O) groups is 3. The van der Waals surface area contributed by atoms with E-state index in [-0.39, 0.29) is 12.0 Å². The normalized spacial score (nSPS) is 11.8. The molecule has 0 spiro atoms. The second kappa shape index (κ2) is 9.22. The van der Waals surface area contributed by atoms with E-state index in [4.69, 9.17) is 26.5 Å². The summed E-state index contributed by atoms with van der Waals surface area (Å²) in [5, 5.41) is 7.44. The number of nitrogens with one attached hydrogen (secondary N) is 2. The third-order valence-corrected chi connectivity index (χ3v) is 5.34. The van der Waals surface area contributed by atoms with Crippen molar-refractivity contribution in [1.82, 2.24) is 5.32 Å². The van der Waals surface area contributed by atoms with Crippen LogP contribution in [0.25, 0.3) is 21.9 Å². The van der Waals surface area contributed by atoms with Crippen LogP contribution in [0.15, 0.2) is 65.1 Å². The fourth-order valence-electron chi connectivity index (χ4n) is 3.49. The Morgan fingerprint density at radius 1 is 1.03 bits per heavy atom. The van der Waals surface area contributed by atoms with Gasteiger partial charge in [0.15, 0.2) is 0 Å². The first-order valence-corrected chi connectivity index (χ1v) is 10.4. The number of ether oxygens (including phenoxy) is 1. The van der Waals surface area contributed by atoms with Crippen LogP contribution in [0.4, 0.5) is 5.69 Å². The van der Waals surface area contributed by atoms with Gasteiger partial charge in [0.25, 0.3) is 5.91 Å². The topological polar surface area (TPSA) is 124 Å². The van der Waals surface area contributed by atoms with Crippen molar-refractivity contribution in [2.24, 2.45) is 5.73 Å². The van der Waals surface area contributed by atoms with Crippen LogP contribution < -0.4 is 21.1 Å². The lowest BCUT2D eigenvalue weighted by atomic mass is 10.1. The van der Waals surface area contributed by atoms with Gasteiger partial charge in [0, 0.05) is 27.4 Å². The van der Waals surface area contributed by atoms with Crippen molar-refractivity contribution in [3.8, 4) is 5.75 Å². The number of rotatable bonds is 7. The summed E-state index contributed by atoms with van der Waals surface area (Å²) in [6.07, 6.45) is -0.389. The molecule has 0 saturated heterocycles. The molecule has 33 heavy (non-hydrogen) atoms. The number of hydrogen-bond donors (Lipinski definition) is 3. The molecule has 4 aromatic rings. The number of methoxy groups -OCH3 is 1. The maximum absolute atomic E-state index is 13.0. The van der Waals surface area contributed by atoms with Crippen LogP contribution in [0.5, 0.6) is 5.75 Å². The number of halogens is 1. The van der Waals surface area contributed by atoms with E-state index in [9.17, 15) is 14.4 Å². The Bertz CT molecular complexity index is 1360. The largest absolute Gasteiger partial charge is 0.495 e. The predicted octanol–water partition coefficient (Wildman–Crippen LogP) is 3.86. The SMILES string of the molecule is COc1cc2c(cc1NC(=O)[C@H](CC(N)=O)NC(=O)c1ccc(Cl)cc1)oc1ccccc12. The van der Waals surface area contributed by atoms with Gasteiger partial charge in [-0.2, -0.15) is 0 Å². The summed E-state index contributed by atoms with van der Waals surface area (Å²) in [6.45, 7) is 0. The quantitative estimate of drug-likeness (QED) is 0.382. The van der Waals surface area contributed by atoms with E-state index < -0.39 is 23.8 Å². The zero-order chi connectivity index (χ0) is 23.5. The summed E-state index contributed by atoms with van der Waals surface area (Å²) in [4.78, 5) is 37.1. The van der Waals surface area contributed by atoms with Crippen LogP contribution in [0.2, 0.25) is 5.02 Å². The molecule has 0 aliphatic rings. The van der Waals surface area contributed by atoms with Crippen molar-refractivity contribution in [3.05, 3.63) is 71.2 Å². The van der Waals surface area contributed by atoms with Gasteiger partial charge in [0.1, 0.15) is 23.0 Å². The van der Waals surface area contributed by atoms with E-state index in [1.54, 1.807) is 24.3 Å². The number of para-hydroxylation sites is 1. The number of benzene rings is 3. The molecule has 0 bridgehead atoms. The molecule has 1 aromatic heterocycles. The average Bonchev–Trinajstić information content (AvgIpc) is 3.15. The predicted molar refractivity (Wildman–Crippen MR) is 125 cm³/mol. The minimum absolute atomic E-state index is 0.281. The van der Waals surface area contributed by atoms with Crippen LogP contribution in [0.3, 0.4) is 0 Å². The first kappa shape index (κ1) is 22.2. The molecular formula is C24H20ClN3O5. The van der Waals surface area contributed by atoms with Crippen molar-refractivity contribution in [2.75, 3.05) is 12.4 Å². The first-order valence-electron chi connectivity index (χ1n) is 10.0. The molecule has 3 aromatic carbocycles. The number of furan rings is 1. The van der Waals surface area contributed by atoms with E-state index in [1.807, 2.05) is 24.3 Å². The van der Waals surface area contributed by atoms with Crippen molar-refractivity contribution < 1.29 is 23.5 Å². The van der Waals surface area contributed by atoms with Gasteiger partial charge in [0.2, 0.25) is 11.8 Å². The van der Waals surface area contributed by atoms with Crippen molar-refractivity contribution >= 4 is 56.9 Å². The highest BCUT2D eigenvalue weighted by molar-refractivity contribution is 6.30. The summed E-state index contributed by atoms with van der Waals surface area (Å²) in [6, 6.07) is 15.8. The Morgan fingerprint density at radius 2 is 1.76 bits per heavy atom. The van der Waals surface area contributed by atoms with Gasteiger partial charge in [-0.3, -0.25) is 14.4 Å². The van der Waals surface area contributed by atoms with E-state index in [0.29, 0.717) is 27.6 Å². The Kier molecular flexibility index (Phi) is 6.19.